The first-order valence-corrected chi connectivity index (χ1v) is 8.66. The van der Waals surface area contributed by atoms with Gasteiger partial charge in [-0.3, -0.25) is 4.79 Å². The molecule has 1 amide bonds. The molecule has 1 aliphatic rings. The number of anilines is 1. The number of methoxy groups -OCH3 is 2. The van der Waals surface area contributed by atoms with Crippen LogP contribution in [-0.2, 0) is 15.0 Å². The number of carbonyl (C=O) groups excluding carboxylic acids is 1. The van der Waals surface area contributed by atoms with Crippen LogP contribution < -0.4 is 19.9 Å². The molecule has 0 atom stereocenters. The molecule has 9 heteroatoms. The second-order valence-corrected chi connectivity index (χ2v) is 6.82. The van der Waals surface area contributed by atoms with Crippen molar-refractivity contribution in [2.24, 2.45) is 11.1 Å². The van der Waals surface area contributed by atoms with Gasteiger partial charge in [-0.1, -0.05) is 0 Å². The van der Waals surface area contributed by atoms with Gasteiger partial charge in [0.25, 0.3) is 10.2 Å². The van der Waals surface area contributed by atoms with Gasteiger partial charge in [0, 0.05) is 25.1 Å². The maximum absolute atomic E-state index is 12.4. The quantitative estimate of drug-likeness (QED) is 0.811. The fraction of sp³-hybridized carbons (Fsp3) is 0.500. The Morgan fingerprint density at radius 3 is 2.43 bits per heavy atom. The third kappa shape index (κ3) is 4.34. The van der Waals surface area contributed by atoms with Crippen molar-refractivity contribution in [1.29, 1.82) is 0 Å². The summed E-state index contributed by atoms with van der Waals surface area (Å²) in [5.74, 6) is 0.681. The average molecular weight is 343 g/mol. The van der Waals surface area contributed by atoms with Gasteiger partial charge >= 0.3 is 0 Å². The molecule has 1 saturated heterocycles. The molecule has 2 rings (SSSR count). The Morgan fingerprint density at radius 1 is 1.26 bits per heavy atom. The van der Waals surface area contributed by atoms with Crippen LogP contribution in [0.5, 0.6) is 11.5 Å². The van der Waals surface area contributed by atoms with Gasteiger partial charge in [0.2, 0.25) is 5.91 Å². The number of amides is 1. The van der Waals surface area contributed by atoms with Crippen molar-refractivity contribution in [1.82, 2.24) is 4.31 Å². The molecule has 0 aromatic heterocycles. The second kappa shape index (κ2) is 7.16. The monoisotopic (exact) mass is 343 g/mol. The van der Waals surface area contributed by atoms with Crippen LogP contribution in [0.25, 0.3) is 0 Å². The van der Waals surface area contributed by atoms with Crippen molar-refractivity contribution in [3.63, 3.8) is 0 Å². The number of nitrogens with two attached hydrogens (primary N) is 1. The SMILES string of the molecule is COc1ccc(OC)c(NC(=O)C2CCN(S(N)(=O)=O)CC2)c1. The fourth-order valence-electron chi connectivity index (χ4n) is 2.52. The zero-order chi connectivity index (χ0) is 17.0. The van der Waals surface area contributed by atoms with Crippen LogP contribution in [0.15, 0.2) is 18.2 Å². The first-order chi connectivity index (χ1) is 10.8. The molecule has 23 heavy (non-hydrogen) atoms. The molecule has 128 valence electrons. The largest absolute Gasteiger partial charge is 0.497 e. The minimum Gasteiger partial charge on any atom is -0.497 e. The van der Waals surface area contributed by atoms with E-state index >= 15 is 0 Å². The Bertz CT molecular complexity index is 669. The van der Waals surface area contributed by atoms with Gasteiger partial charge in [0.05, 0.1) is 19.9 Å². The molecule has 0 bridgehead atoms. The van der Waals surface area contributed by atoms with Gasteiger partial charge in [-0.05, 0) is 25.0 Å². The zero-order valence-electron chi connectivity index (χ0n) is 13.1. The van der Waals surface area contributed by atoms with Gasteiger partial charge < -0.3 is 14.8 Å². The molecular weight excluding hydrogens is 322 g/mol. The van der Waals surface area contributed by atoms with Crippen molar-refractivity contribution in [3.8, 4) is 11.5 Å². The fourth-order valence-corrected chi connectivity index (χ4v) is 3.24. The van der Waals surface area contributed by atoms with E-state index in [1.165, 1.54) is 18.5 Å². The lowest BCUT2D eigenvalue weighted by Gasteiger charge is -2.29. The number of ether oxygens (including phenoxy) is 2. The first-order valence-electron chi connectivity index (χ1n) is 7.16. The maximum atomic E-state index is 12.4. The van der Waals surface area contributed by atoms with Crippen LogP contribution in [0.2, 0.25) is 0 Å². The molecule has 0 radical (unpaired) electrons. The molecule has 0 unspecified atom stereocenters. The molecule has 3 N–H and O–H groups in total. The van der Waals surface area contributed by atoms with Crippen molar-refractivity contribution in [2.45, 2.75) is 12.8 Å². The number of nitrogens with zero attached hydrogens (tertiary/aromatic N) is 1. The number of rotatable bonds is 5. The molecule has 1 aliphatic heterocycles. The molecular formula is C14H21N3O5S. The Balaban J connectivity index is 2.03. The average Bonchev–Trinajstić information content (AvgIpc) is 2.54. The summed E-state index contributed by atoms with van der Waals surface area (Å²) in [6, 6.07) is 5.12. The molecule has 1 fully saturated rings. The molecule has 0 saturated carbocycles. The van der Waals surface area contributed by atoms with Crippen molar-refractivity contribution < 1.29 is 22.7 Å². The first kappa shape index (κ1) is 17.5. The minimum atomic E-state index is -3.69. The number of nitrogens with one attached hydrogen (secondary N) is 1. The summed E-state index contributed by atoms with van der Waals surface area (Å²) >= 11 is 0. The number of piperidine rings is 1. The van der Waals surface area contributed by atoms with E-state index in [4.69, 9.17) is 14.6 Å². The topological polar surface area (TPSA) is 111 Å². The Morgan fingerprint density at radius 2 is 1.91 bits per heavy atom. The van der Waals surface area contributed by atoms with E-state index in [0.29, 0.717) is 30.0 Å². The second-order valence-electron chi connectivity index (χ2n) is 5.27. The predicted octanol–water partition coefficient (Wildman–Crippen LogP) is 0.558. The minimum absolute atomic E-state index is 0.175. The smallest absolute Gasteiger partial charge is 0.276 e. The Kier molecular flexibility index (Phi) is 5.45. The van der Waals surface area contributed by atoms with Crippen LogP contribution in [0.3, 0.4) is 0 Å². The lowest BCUT2D eigenvalue weighted by atomic mass is 9.97. The molecule has 1 aromatic carbocycles. The van der Waals surface area contributed by atoms with E-state index < -0.39 is 10.2 Å². The summed E-state index contributed by atoms with van der Waals surface area (Å²) in [4.78, 5) is 12.4. The lowest BCUT2D eigenvalue weighted by Crippen LogP contribution is -2.44. The molecule has 0 spiro atoms. The molecule has 0 aliphatic carbocycles. The summed E-state index contributed by atoms with van der Waals surface area (Å²) in [7, 11) is -0.634. The third-order valence-corrected chi connectivity index (χ3v) is 4.93. The van der Waals surface area contributed by atoms with Gasteiger partial charge in [0.15, 0.2) is 0 Å². The predicted molar refractivity (Wildman–Crippen MR) is 85.6 cm³/mol. The third-order valence-electron chi connectivity index (χ3n) is 3.85. The lowest BCUT2D eigenvalue weighted by molar-refractivity contribution is -0.120. The van der Waals surface area contributed by atoms with E-state index in [9.17, 15) is 13.2 Å². The normalized spacial score (nSPS) is 16.8. The number of hydrogen-bond acceptors (Lipinski definition) is 5. The Hall–Kier alpha value is -1.84. The molecule has 1 aromatic rings. The zero-order valence-corrected chi connectivity index (χ0v) is 13.9. The highest BCUT2D eigenvalue weighted by molar-refractivity contribution is 7.86. The highest BCUT2D eigenvalue weighted by Crippen LogP contribution is 2.30. The van der Waals surface area contributed by atoms with E-state index in [1.54, 1.807) is 18.2 Å². The van der Waals surface area contributed by atoms with E-state index in [0.717, 1.165) is 0 Å². The summed E-state index contributed by atoms with van der Waals surface area (Å²) in [5, 5.41) is 7.91. The van der Waals surface area contributed by atoms with Crippen molar-refractivity contribution in [3.05, 3.63) is 18.2 Å². The summed E-state index contributed by atoms with van der Waals surface area (Å²) in [6.45, 7) is 0.484. The molecule has 8 nitrogen and oxygen atoms in total. The number of hydrogen-bond donors (Lipinski definition) is 2. The van der Waals surface area contributed by atoms with Crippen LogP contribution >= 0.6 is 0 Å². The van der Waals surface area contributed by atoms with Gasteiger partial charge in [-0.15, -0.1) is 0 Å². The van der Waals surface area contributed by atoms with Crippen LogP contribution in [0.1, 0.15) is 12.8 Å². The van der Waals surface area contributed by atoms with Crippen LogP contribution in [-0.4, -0.2) is 45.9 Å². The highest BCUT2D eigenvalue weighted by atomic mass is 32.2. The van der Waals surface area contributed by atoms with Gasteiger partial charge in [-0.25, -0.2) is 5.14 Å². The summed E-state index contributed by atoms with van der Waals surface area (Å²) in [6.07, 6.45) is 0.850. The summed E-state index contributed by atoms with van der Waals surface area (Å²) < 4.78 is 34.1. The maximum Gasteiger partial charge on any atom is 0.276 e. The standard InChI is InChI=1S/C14H21N3O5S/c1-21-11-3-4-13(22-2)12(9-11)16-14(18)10-5-7-17(8-6-10)23(15,19)20/h3-4,9-10H,5-8H2,1-2H3,(H,16,18)(H2,15,19,20). The molecule has 1 heterocycles. The van der Waals surface area contributed by atoms with Crippen LogP contribution in [0.4, 0.5) is 5.69 Å². The Labute approximate surface area is 135 Å². The van der Waals surface area contributed by atoms with Gasteiger partial charge in [0.1, 0.15) is 11.5 Å². The van der Waals surface area contributed by atoms with E-state index in [-0.39, 0.29) is 24.9 Å². The van der Waals surface area contributed by atoms with E-state index in [1.807, 2.05) is 0 Å². The highest BCUT2D eigenvalue weighted by Gasteiger charge is 2.29. The van der Waals surface area contributed by atoms with Crippen LogP contribution in [0, 0.1) is 5.92 Å². The van der Waals surface area contributed by atoms with E-state index in [2.05, 4.69) is 5.32 Å². The summed E-state index contributed by atoms with van der Waals surface area (Å²) in [5.41, 5.74) is 0.519. The number of benzene rings is 1. The van der Waals surface area contributed by atoms with Crippen molar-refractivity contribution in [2.75, 3.05) is 32.6 Å². The van der Waals surface area contributed by atoms with Crippen molar-refractivity contribution >= 4 is 21.8 Å². The van der Waals surface area contributed by atoms with Gasteiger partial charge in [-0.2, -0.15) is 12.7 Å². The number of carbonyl (C=O) groups is 1.